The number of rotatable bonds is 6. The number of carbonyl (C=O) groups is 1. The second kappa shape index (κ2) is 9.89. The molecule has 1 aliphatic heterocycles. The van der Waals surface area contributed by atoms with Crippen molar-refractivity contribution in [1.29, 1.82) is 0 Å². The average Bonchev–Trinajstić information content (AvgIpc) is 2.64. The van der Waals surface area contributed by atoms with Gasteiger partial charge in [0, 0.05) is 38.8 Å². The second-order valence-electron chi connectivity index (χ2n) is 7.93. The molecule has 1 aromatic carbocycles. The third kappa shape index (κ3) is 6.26. The van der Waals surface area contributed by atoms with Crippen molar-refractivity contribution < 1.29 is 4.79 Å². The van der Waals surface area contributed by atoms with Crippen molar-refractivity contribution in [2.45, 2.75) is 38.6 Å². The first-order valence-corrected chi connectivity index (χ1v) is 10.1. The van der Waals surface area contributed by atoms with Gasteiger partial charge >= 0.3 is 0 Å². The fourth-order valence-electron chi connectivity index (χ4n) is 4.07. The minimum atomic E-state index is 0.210. The van der Waals surface area contributed by atoms with Gasteiger partial charge in [-0.3, -0.25) is 14.6 Å². The maximum atomic E-state index is 12.3. The molecule has 0 bridgehead atoms. The summed E-state index contributed by atoms with van der Waals surface area (Å²) in [5.41, 5.74) is 1.25. The van der Waals surface area contributed by atoms with Crippen LogP contribution in [0.5, 0.6) is 0 Å². The molecule has 1 heterocycles. The number of hydrogen-bond acceptors (Lipinski definition) is 3. The van der Waals surface area contributed by atoms with Gasteiger partial charge in [-0.1, -0.05) is 62.2 Å². The largest absolute Gasteiger partial charge is 0.352 e. The Kier molecular flexibility index (Phi) is 7.27. The summed E-state index contributed by atoms with van der Waals surface area (Å²) in [6, 6.07) is 10.8. The molecule has 2 aliphatic rings. The summed E-state index contributed by atoms with van der Waals surface area (Å²) in [6.45, 7) is 7.86. The summed E-state index contributed by atoms with van der Waals surface area (Å²) < 4.78 is 0. The van der Waals surface area contributed by atoms with Crippen molar-refractivity contribution in [2.24, 2.45) is 5.92 Å². The highest BCUT2D eigenvalue weighted by atomic mass is 16.2. The standard InChI is InChI=1S/C22H33N3O/c1-19-7-5-11-21(17-19)23-22(26)18-25-15-13-24(14-16-25)12-6-10-20-8-3-2-4-9-20/h2-4,6,8-10,19,21H,5,7,11-18H2,1H3,(H,23,26)/b10-6+. The van der Waals surface area contributed by atoms with Crippen LogP contribution < -0.4 is 5.32 Å². The molecule has 1 saturated heterocycles. The molecule has 2 unspecified atom stereocenters. The lowest BCUT2D eigenvalue weighted by atomic mass is 9.87. The Morgan fingerprint density at radius 2 is 1.85 bits per heavy atom. The molecule has 4 nitrogen and oxygen atoms in total. The fourth-order valence-corrected chi connectivity index (χ4v) is 4.07. The van der Waals surface area contributed by atoms with E-state index >= 15 is 0 Å². The molecular weight excluding hydrogens is 322 g/mol. The van der Waals surface area contributed by atoms with E-state index in [2.05, 4.69) is 58.5 Å². The first-order valence-electron chi connectivity index (χ1n) is 10.1. The Morgan fingerprint density at radius 3 is 2.58 bits per heavy atom. The van der Waals surface area contributed by atoms with Gasteiger partial charge in [-0.25, -0.2) is 0 Å². The van der Waals surface area contributed by atoms with Crippen molar-refractivity contribution in [2.75, 3.05) is 39.3 Å². The van der Waals surface area contributed by atoms with Gasteiger partial charge in [0.1, 0.15) is 0 Å². The van der Waals surface area contributed by atoms with E-state index in [1.807, 2.05) is 6.07 Å². The maximum absolute atomic E-state index is 12.3. The van der Waals surface area contributed by atoms with Crippen LogP contribution in [0.3, 0.4) is 0 Å². The summed E-state index contributed by atoms with van der Waals surface area (Å²) in [6.07, 6.45) is 9.28. The van der Waals surface area contributed by atoms with E-state index in [0.717, 1.165) is 51.5 Å². The van der Waals surface area contributed by atoms with Crippen LogP contribution in [0, 0.1) is 5.92 Å². The Balaban J connectivity index is 1.33. The molecule has 1 amide bonds. The molecule has 1 N–H and O–H groups in total. The van der Waals surface area contributed by atoms with Crippen LogP contribution in [0.2, 0.25) is 0 Å². The molecule has 1 saturated carbocycles. The predicted molar refractivity (Wildman–Crippen MR) is 108 cm³/mol. The van der Waals surface area contributed by atoms with E-state index in [1.54, 1.807) is 0 Å². The van der Waals surface area contributed by atoms with Gasteiger partial charge in [0.15, 0.2) is 0 Å². The van der Waals surface area contributed by atoms with Gasteiger partial charge in [-0.05, 0) is 24.3 Å². The van der Waals surface area contributed by atoms with E-state index in [9.17, 15) is 4.79 Å². The van der Waals surface area contributed by atoms with E-state index < -0.39 is 0 Å². The van der Waals surface area contributed by atoms with Crippen LogP contribution in [0.15, 0.2) is 36.4 Å². The number of nitrogens with one attached hydrogen (secondary N) is 1. The van der Waals surface area contributed by atoms with Crippen LogP contribution in [0.1, 0.15) is 38.2 Å². The van der Waals surface area contributed by atoms with E-state index in [0.29, 0.717) is 12.6 Å². The highest BCUT2D eigenvalue weighted by Crippen LogP contribution is 2.23. The quantitative estimate of drug-likeness (QED) is 0.852. The first-order chi connectivity index (χ1) is 12.7. The van der Waals surface area contributed by atoms with Crippen molar-refractivity contribution >= 4 is 12.0 Å². The van der Waals surface area contributed by atoms with Gasteiger partial charge in [-0.15, -0.1) is 0 Å². The van der Waals surface area contributed by atoms with E-state index in [-0.39, 0.29) is 5.91 Å². The number of piperazine rings is 1. The van der Waals surface area contributed by atoms with E-state index in [4.69, 9.17) is 0 Å². The van der Waals surface area contributed by atoms with Gasteiger partial charge in [0.2, 0.25) is 5.91 Å². The predicted octanol–water partition coefficient (Wildman–Crippen LogP) is 3.01. The average molecular weight is 356 g/mol. The Hall–Kier alpha value is -1.65. The number of nitrogens with zero attached hydrogens (tertiary/aromatic N) is 2. The Labute approximate surface area is 158 Å². The number of carbonyl (C=O) groups excluding carboxylic acids is 1. The van der Waals surface area contributed by atoms with Crippen molar-refractivity contribution in [3.05, 3.63) is 42.0 Å². The molecule has 0 radical (unpaired) electrons. The van der Waals surface area contributed by atoms with E-state index in [1.165, 1.54) is 18.4 Å². The number of benzene rings is 1. The molecule has 0 aromatic heterocycles. The van der Waals surface area contributed by atoms with Crippen molar-refractivity contribution in [1.82, 2.24) is 15.1 Å². The number of hydrogen-bond donors (Lipinski definition) is 1. The lowest BCUT2D eigenvalue weighted by Crippen LogP contribution is -2.50. The molecule has 2 fully saturated rings. The minimum absolute atomic E-state index is 0.210. The smallest absolute Gasteiger partial charge is 0.234 e. The fraction of sp³-hybridized carbons (Fsp3) is 0.591. The molecule has 0 spiro atoms. The molecule has 26 heavy (non-hydrogen) atoms. The van der Waals surface area contributed by atoms with Gasteiger partial charge in [0.05, 0.1) is 6.54 Å². The second-order valence-corrected chi connectivity index (χ2v) is 7.93. The monoisotopic (exact) mass is 355 g/mol. The summed E-state index contributed by atoms with van der Waals surface area (Å²) in [5, 5.41) is 3.25. The van der Waals surface area contributed by atoms with Crippen LogP contribution in [-0.2, 0) is 4.79 Å². The molecule has 3 rings (SSSR count). The van der Waals surface area contributed by atoms with Crippen LogP contribution in [-0.4, -0.2) is 61.0 Å². The maximum Gasteiger partial charge on any atom is 0.234 e. The van der Waals surface area contributed by atoms with Crippen LogP contribution in [0.25, 0.3) is 6.08 Å². The molecule has 4 heteroatoms. The van der Waals surface area contributed by atoms with Gasteiger partial charge < -0.3 is 5.32 Å². The Morgan fingerprint density at radius 1 is 1.12 bits per heavy atom. The number of amides is 1. The van der Waals surface area contributed by atoms with Crippen molar-refractivity contribution in [3.63, 3.8) is 0 Å². The first kappa shape index (κ1) is 19.1. The van der Waals surface area contributed by atoms with Gasteiger partial charge in [0.25, 0.3) is 0 Å². The zero-order valence-electron chi connectivity index (χ0n) is 16.1. The SMILES string of the molecule is CC1CCCC(NC(=O)CN2CCN(C/C=C/c3ccccc3)CC2)C1. The summed E-state index contributed by atoms with van der Waals surface area (Å²) in [4.78, 5) is 17.1. The minimum Gasteiger partial charge on any atom is -0.352 e. The topological polar surface area (TPSA) is 35.6 Å². The molecule has 1 aliphatic carbocycles. The van der Waals surface area contributed by atoms with Crippen LogP contribution in [0.4, 0.5) is 0 Å². The summed E-state index contributed by atoms with van der Waals surface area (Å²) in [7, 11) is 0. The molecule has 1 aromatic rings. The highest BCUT2D eigenvalue weighted by molar-refractivity contribution is 5.78. The zero-order valence-corrected chi connectivity index (χ0v) is 16.1. The summed E-state index contributed by atoms with van der Waals surface area (Å²) >= 11 is 0. The molecule has 142 valence electrons. The Bertz CT molecular complexity index is 578. The zero-order chi connectivity index (χ0) is 18.2. The van der Waals surface area contributed by atoms with Crippen molar-refractivity contribution in [3.8, 4) is 0 Å². The third-order valence-electron chi connectivity index (χ3n) is 5.61. The highest BCUT2D eigenvalue weighted by Gasteiger charge is 2.22. The lowest BCUT2D eigenvalue weighted by Gasteiger charge is -2.34. The third-order valence-corrected chi connectivity index (χ3v) is 5.61. The summed E-state index contributed by atoms with van der Waals surface area (Å²) in [5.74, 6) is 0.961. The van der Waals surface area contributed by atoms with Crippen LogP contribution >= 0.6 is 0 Å². The molecule has 2 atom stereocenters. The van der Waals surface area contributed by atoms with Gasteiger partial charge in [-0.2, -0.15) is 0 Å². The lowest BCUT2D eigenvalue weighted by molar-refractivity contribution is -0.123. The normalized spacial score (nSPS) is 25.4. The molecular formula is C22H33N3O.